The van der Waals surface area contributed by atoms with Crippen molar-refractivity contribution < 1.29 is 4.74 Å². The molecule has 0 heterocycles. The summed E-state index contributed by atoms with van der Waals surface area (Å²) in [5, 5.41) is 0. The Morgan fingerprint density at radius 1 is 0.938 bits per heavy atom. The first-order valence-electron chi connectivity index (χ1n) is 5.28. The van der Waals surface area contributed by atoms with E-state index in [1.807, 2.05) is 48.5 Å². The van der Waals surface area contributed by atoms with Crippen molar-refractivity contribution in [3.63, 3.8) is 0 Å². The fourth-order valence-electron chi connectivity index (χ4n) is 1.44. The third-order valence-corrected chi connectivity index (χ3v) is 2.36. The van der Waals surface area contributed by atoms with Crippen LogP contribution in [0.5, 0.6) is 5.75 Å². The highest BCUT2D eigenvalue weighted by atomic mass is 16.5. The molecule has 0 aliphatic heterocycles. The number of rotatable bonds is 4. The highest BCUT2D eigenvalue weighted by molar-refractivity contribution is 5.48. The van der Waals surface area contributed by atoms with Crippen molar-refractivity contribution in [1.29, 1.82) is 0 Å². The molecule has 1 heteroatoms. The summed E-state index contributed by atoms with van der Waals surface area (Å²) in [5.74, 6) is 0.884. The van der Waals surface area contributed by atoms with E-state index in [1.165, 1.54) is 5.56 Å². The van der Waals surface area contributed by atoms with Crippen LogP contribution in [0.3, 0.4) is 0 Å². The highest BCUT2D eigenvalue weighted by Crippen LogP contribution is 2.14. The molecule has 0 fully saturated rings. The van der Waals surface area contributed by atoms with Crippen molar-refractivity contribution in [3.8, 4) is 5.75 Å². The molecule has 2 aromatic rings. The second kappa shape index (κ2) is 5.17. The molecular weight excluding hydrogens is 196 g/mol. The zero-order chi connectivity index (χ0) is 11.2. The van der Waals surface area contributed by atoms with Gasteiger partial charge in [-0.25, -0.2) is 0 Å². The summed E-state index contributed by atoms with van der Waals surface area (Å²) in [6.45, 7) is 4.32. The van der Waals surface area contributed by atoms with Gasteiger partial charge in [0.2, 0.25) is 0 Å². The maximum atomic E-state index is 5.66. The minimum atomic E-state index is 0.605. The molecule has 16 heavy (non-hydrogen) atoms. The molecule has 2 aromatic carbocycles. The third kappa shape index (κ3) is 2.74. The van der Waals surface area contributed by atoms with Crippen LogP contribution in [0.1, 0.15) is 11.1 Å². The first-order valence-corrected chi connectivity index (χ1v) is 5.28. The smallest absolute Gasteiger partial charge is 0.119 e. The van der Waals surface area contributed by atoms with Gasteiger partial charge in [0, 0.05) is 0 Å². The summed E-state index contributed by atoms with van der Waals surface area (Å²) in [5.41, 5.74) is 2.28. The lowest BCUT2D eigenvalue weighted by molar-refractivity contribution is 0.306. The van der Waals surface area contributed by atoms with Crippen molar-refractivity contribution in [2.24, 2.45) is 0 Å². The Balaban J connectivity index is 1.97. The molecule has 0 N–H and O–H groups in total. The third-order valence-electron chi connectivity index (χ3n) is 2.36. The minimum Gasteiger partial charge on any atom is -0.489 e. The van der Waals surface area contributed by atoms with Crippen molar-refractivity contribution in [3.05, 3.63) is 72.3 Å². The molecular formula is C15H14O. The van der Waals surface area contributed by atoms with Crippen LogP contribution >= 0.6 is 0 Å². The summed E-state index contributed by atoms with van der Waals surface area (Å²) in [6.07, 6.45) is 1.82. The van der Waals surface area contributed by atoms with Gasteiger partial charge in [-0.3, -0.25) is 0 Å². The molecule has 1 nitrogen and oxygen atoms in total. The summed E-state index contributed by atoms with van der Waals surface area (Å²) < 4.78 is 5.66. The maximum Gasteiger partial charge on any atom is 0.119 e. The lowest BCUT2D eigenvalue weighted by Gasteiger charge is -2.06. The average Bonchev–Trinajstić information content (AvgIpc) is 2.38. The van der Waals surface area contributed by atoms with Crippen molar-refractivity contribution >= 4 is 6.08 Å². The van der Waals surface area contributed by atoms with E-state index in [9.17, 15) is 0 Å². The van der Waals surface area contributed by atoms with E-state index in [4.69, 9.17) is 4.74 Å². The second-order valence-corrected chi connectivity index (χ2v) is 3.55. The van der Waals surface area contributed by atoms with E-state index in [1.54, 1.807) is 0 Å². The molecule has 2 rings (SSSR count). The predicted octanol–water partition coefficient (Wildman–Crippen LogP) is 3.91. The van der Waals surface area contributed by atoms with Crippen LogP contribution in [0.15, 0.2) is 61.2 Å². The van der Waals surface area contributed by atoms with E-state index in [0.29, 0.717) is 6.61 Å². The maximum absolute atomic E-state index is 5.66. The van der Waals surface area contributed by atoms with Crippen LogP contribution in [0.2, 0.25) is 0 Å². The van der Waals surface area contributed by atoms with Gasteiger partial charge in [0.05, 0.1) is 0 Å². The number of hydrogen-bond donors (Lipinski definition) is 0. The number of ether oxygens (including phenoxy) is 1. The zero-order valence-electron chi connectivity index (χ0n) is 9.10. The van der Waals surface area contributed by atoms with E-state index in [2.05, 4.69) is 18.7 Å². The molecule has 0 unspecified atom stereocenters. The van der Waals surface area contributed by atoms with E-state index in [0.717, 1.165) is 11.3 Å². The lowest BCUT2D eigenvalue weighted by Crippen LogP contribution is -1.94. The van der Waals surface area contributed by atoms with Gasteiger partial charge in [-0.05, 0) is 23.3 Å². The van der Waals surface area contributed by atoms with Crippen molar-refractivity contribution in [2.45, 2.75) is 6.61 Å². The van der Waals surface area contributed by atoms with Crippen LogP contribution in [0.4, 0.5) is 0 Å². The fourth-order valence-corrected chi connectivity index (χ4v) is 1.44. The van der Waals surface area contributed by atoms with Crippen LogP contribution in [-0.2, 0) is 6.61 Å². The molecule has 0 aliphatic rings. The highest BCUT2D eigenvalue weighted by Gasteiger charge is 1.94. The molecule has 0 radical (unpaired) electrons. The van der Waals surface area contributed by atoms with Gasteiger partial charge in [0.15, 0.2) is 0 Å². The summed E-state index contributed by atoms with van der Waals surface area (Å²) in [7, 11) is 0. The van der Waals surface area contributed by atoms with E-state index < -0.39 is 0 Å². The second-order valence-electron chi connectivity index (χ2n) is 3.55. The molecule has 0 spiro atoms. The Morgan fingerprint density at radius 2 is 1.62 bits per heavy atom. The fraction of sp³-hybridized carbons (Fsp3) is 0.0667. The van der Waals surface area contributed by atoms with Crippen LogP contribution in [0.25, 0.3) is 6.08 Å². The molecule has 80 valence electrons. The molecule has 0 saturated heterocycles. The molecule has 0 bridgehead atoms. The van der Waals surface area contributed by atoms with Crippen LogP contribution in [-0.4, -0.2) is 0 Å². The first-order chi connectivity index (χ1) is 7.88. The molecule has 0 saturated carbocycles. The molecule has 0 aromatic heterocycles. The monoisotopic (exact) mass is 210 g/mol. The van der Waals surface area contributed by atoms with Gasteiger partial charge in [-0.2, -0.15) is 0 Å². The Bertz CT molecular complexity index is 443. The van der Waals surface area contributed by atoms with E-state index >= 15 is 0 Å². The van der Waals surface area contributed by atoms with Gasteiger partial charge in [-0.1, -0.05) is 55.1 Å². The largest absolute Gasteiger partial charge is 0.489 e. The predicted molar refractivity (Wildman–Crippen MR) is 67.3 cm³/mol. The molecule has 0 amide bonds. The van der Waals surface area contributed by atoms with Crippen LogP contribution in [0, 0.1) is 0 Å². The topological polar surface area (TPSA) is 9.23 Å². The Kier molecular flexibility index (Phi) is 3.39. The Hall–Kier alpha value is -2.02. The first kappa shape index (κ1) is 10.5. The molecule has 0 aliphatic carbocycles. The normalized spacial score (nSPS) is 9.75. The summed E-state index contributed by atoms with van der Waals surface area (Å²) >= 11 is 0. The Labute approximate surface area is 96.0 Å². The number of hydrogen-bond acceptors (Lipinski definition) is 1. The van der Waals surface area contributed by atoms with Gasteiger partial charge < -0.3 is 4.74 Å². The van der Waals surface area contributed by atoms with E-state index in [-0.39, 0.29) is 0 Å². The SMILES string of the molecule is C=Cc1ccc(OCc2ccccc2)cc1. The summed E-state index contributed by atoms with van der Waals surface area (Å²) in [4.78, 5) is 0. The zero-order valence-corrected chi connectivity index (χ0v) is 9.10. The van der Waals surface area contributed by atoms with Gasteiger partial charge in [-0.15, -0.1) is 0 Å². The van der Waals surface area contributed by atoms with Gasteiger partial charge in [0.25, 0.3) is 0 Å². The lowest BCUT2D eigenvalue weighted by atomic mass is 10.2. The average molecular weight is 210 g/mol. The van der Waals surface area contributed by atoms with Gasteiger partial charge in [0.1, 0.15) is 12.4 Å². The standard InChI is InChI=1S/C15H14O/c1-2-13-8-10-15(11-9-13)16-12-14-6-4-3-5-7-14/h2-11H,1,12H2. The summed E-state index contributed by atoms with van der Waals surface area (Å²) in [6, 6.07) is 18.0. The van der Waals surface area contributed by atoms with Gasteiger partial charge >= 0.3 is 0 Å². The minimum absolute atomic E-state index is 0.605. The molecule has 0 atom stereocenters. The number of benzene rings is 2. The Morgan fingerprint density at radius 3 is 2.25 bits per heavy atom. The van der Waals surface area contributed by atoms with Crippen LogP contribution < -0.4 is 4.74 Å². The van der Waals surface area contributed by atoms with Crippen molar-refractivity contribution in [1.82, 2.24) is 0 Å². The van der Waals surface area contributed by atoms with Crippen molar-refractivity contribution in [2.75, 3.05) is 0 Å². The quantitative estimate of drug-likeness (QED) is 0.743.